The zero-order valence-electron chi connectivity index (χ0n) is 7.64. The summed E-state index contributed by atoms with van der Waals surface area (Å²) in [5.41, 5.74) is 0. The summed E-state index contributed by atoms with van der Waals surface area (Å²) in [7, 11) is 0. The van der Waals surface area contributed by atoms with E-state index in [1.807, 2.05) is 6.08 Å². The maximum Gasteiger partial charge on any atom is 0.197 e. The van der Waals surface area contributed by atoms with Gasteiger partial charge < -0.3 is 4.74 Å². The highest BCUT2D eigenvalue weighted by molar-refractivity contribution is 5.95. The maximum atomic E-state index is 11.0. The minimum atomic E-state index is 0.173. The van der Waals surface area contributed by atoms with Gasteiger partial charge in [-0.25, -0.2) is 0 Å². The van der Waals surface area contributed by atoms with Crippen LogP contribution in [0.5, 0.6) is 0 Å². The number of unbranched alkanes of at least 4 members (excludes halogenated alkanes) is 2. The fourth-order valence-electron chi connectivity index (χ4n) is 1.24. The molecule has 0 aromatic carbocycles. The molecule has 0 saturated heterocycles. The van der Waals surface area contributed by atoms with Crippen molar-refractivity contribution in [3.63, 3.8) is 0 Å². The molecule has 1 aliphatic rings. The molecular weight excluding hydrogens is 152 g/mol. The summed E-state index contributed by atoms with van der Waals surface area (Å²) in [6.45, 7) is 2.85. The number of hydrogen-bond acceptors (Lipinski definition) is 2. The molecule has 0 heterocycles. The molecule has 2 nitrogen and oxygen atoms in total. The van der Waals surface area contributed by atoms with Crippen LogP contribution < -0.4 is 0 Å². The van der Waals surface area contributed by atoms with E-state index in [1.165, 1.54) is 12.8 Å². The number of hydrogen-bond donors (Lipinski definition) is 0. The van der Waals surface area contributed by atoms with Gasteiger partial charge in [-0.2, -0.15) is 0 Å². The fraction of sp³-hybridized carbons (Fsp3) is 0.700. The van der Waals surface area contributed by atoms with Gasteiger partial charge in [-0.15, -0.1) is 0 Å². The second-order valence-electron chi connectivity index (χ2n) is 3.09. The van der Waals surface area contributed by atoms with Gasteiger partial charge in [-0.05, 0) is 18.9 Å². The SMILES string of the molecule is CCCCCOC1=CCCC1=O. The molecule has 1 rings (SSSR count). The molecule has 0 amide bonds. The quantitative estimate of drug-likeness (QED) is 0.589. The molecule has 0 fully saturated rings. The topological polar surface area (TPSA) is 26.3 Å². The molecule has 12 heavy (non-hydrogen) atoms. The van der Waals surface area contributed by atoms with Gasteiger partial charge in [0.1, 0.15) is 0 Å². The van der Waals surface area contributed by atoms with Crippen molar-refractivity contribution >= 4 is 5.78 Å². The third-order valence-corrected chi connectivity index (χ3v) is 1.98. The predicted octanol–water partition coefficient (Wildman–Crippen LogP) is 2.44. The standard InChI is InChI=1S/C10H16O2/c1-2-3-4-8-12-10-7-5-6-9(10)11/h7H,2-6,8H2,1H3. The summed E-state index contributed by atoms with van der Waals surface area (Å²) in [6, 6.07) is 0. The predicted molar refractivity (Wildman–Crippen MR) is 47.8 cm³/mol. The summed E-state index contributed by atoms with van der Waals surface area (Å²) in [5.74, 6) is 0.776. The molecule has 0 spiro atoms. The van der Waals surface area contributed by atoms with Crippen LogP contribution in [0, 0.1) is 0 Å². The number of carbonyl (C=O) groups is 1. The lowest BCUT2D eigenvalue weighted by Crippen LogP contribution is -2.01. The normalized spacial score (nSPS) is 16.4. The van der Waals surface area contributed by atoms with Crippen molar-refractivity contribution in [2.45, 2.75) is 39.0 Å². The molecule has 1 aliphatic carbocycles. The van der Waals surface area contributed by atoms with E-state index in [4.69, 9.17) is 4.74 Å². The van der Waals surface area contributed by atoms with Crippen LogP contribution in [0.25, 0.3) is 0 Å². The Kier molecular flexibility index (Phi) is 3.85. The Labute approximate surface area is 73.6 Å². The van der Waals surface area contributed by atoms with Gasteiger partial charge in [-0.1, -0.05) is 19.8 Å². The zero-order chi connectivity index (χ0) is 8.81. The smallest absolute Gasteiger partial charge is 0.197 e. The number of ketones is 1. The molecule has 0 aliphatic heterocycles. The Morgan fingerprint density at radius 3 is 2.92 bits per heavy atom. The van der Waals surface area contributed by atoms with E-state index in [2.05, 4.69) is 6.92 Å². The number of rotatable bonds is 5. The van der Waals surface area contributed by atoms with Crippen molar-refractivity contribution in [3.8, 4) is 0 Å². The van der Waals surface area contributed by atoms with Gasteiger partial charge in [0.25, 0.3) is 0 Å². The van der Waals surface area contributed by atoms with Gasteiger partial charge >= 0.3 is 0 Å². The third-order valence-electron chi connectivity index (χ3n) is 1.98. The van der Waals surface area contributed by atoms with Crippen molar-refractivity contribution in [2.75, 3.05) is 6.61 Å². The number of ether oxygens (including phenoxy) is 1. The largest absolute Gasteiger partial charge is 0.490 e. The Morgan fingerprint density at radius 2 is 2.33 bits per heavy atom. The Hall–Kier alpha value is -0.790. The first-order valence-corrected chi connectivity index (χ1v) is 4.70. The molecule has 0 aromatic heterocycles. The first kappa shape index (κ1) is 9.30. The summed E-state index contributed by atoms with van der Waals surface area (Å²) in [6.07, 6.45) is 6.83. The van der Waals surface area contributed by atoms with Crippen molar-refractivity contribution in [2.24, 2.45) is 0 Å². The molecule has 68 valence electrons. The average molecular weight is 168 g/mol. The average Bonchev–Trinajstić information content (AvgIpc) is 2.46. The monoisotopic (exact) mass is 168 g/mol. The van der Waals surface area contributed by atoms with Crippen LogP contribution in [-0.4, -0.2) is 12.4 Å². The molecule has 2 heteroatoms. The number of allylic oxidation sites excluding steroid dienone is 2. The van der Waals surface area contributed by atoms with Crippen LogP contribution >= 0.6 is 0 Å². The van der Waals surface area contributed by atoms with Gasteiger partial charge in [0.05, 0.1) is 6.61 Å². The van der Waals surface area contributed by atoms with Gasteiger partial charge in [0.2, 0.25) is 0 Å². The minimum Gasteiger partial charge on any atom is -0.490 e. The molecule has 0 aromatic rings. The molecular formula is C10H16O2. The number of carbonyl (C=O) groups excluding carboxylic acids is 1. The van der Waals surface area contributed by atoms with Gasteiger partial charge in [-0.3, -0.25) is 4.79 Å². The highest BCUT2D eigenvalue weighted by Crippen LogP contribution is 2.15. The lowest BCUT2D eigenvalue weighted by Gasteiger charge is -2.04. The van der Waals surface area contributed by atoms with E-state index in [9.17, 15) is 4.79 Å². The summed E-state index contributed by atoms with van der Waals surface area (Å²) in [4.78, 5) is 11.0. The first-order valence-electron chi connectivity index (χ1n) is 4.70. The van der Waals surface area contributed by atoms with Crippen molar-refractivity contribution < 1.29 is 9.53 Å². The number of Topliss-reactive ketones (excluding diaryl/α,β-unsaturated/α-hetero) is 1. The van der Waals surface area contributed by atoms with Gasteiger partial charge in [0.15, 0.2) is 11.5 Å². The van der Waals surface area contributed by atoms with E-state index >= 15 is 0 Å². The third kappa shape index (κ3) is 2.68. The summed E-state index contributed by atoms with van der Waals surface area (Å²) >= 11 is 0. The zero-order valence-corrected chi connectivity index (χ0v) is 7.64. The molecule has 0 atom stereocenters. The molecule has 0 radical (unpaired) electrons. The highest BCUT2D eigenvalue weighted by Gasteiger charge is 2.15. The Balaban J connectivity index is 2.10. The minimum absolute atomic E-state index is 0.173. The van der Waals surface area contributed by atoms with E-state index in [1.54, 1.807) is 0 Å². The Bertz CT molecular complexity index is 182. The molecule has 0 saturated carbocycles. The van der Waals surface area contributed by atoms with Crippen molar-refractivity contribution in [3.05, 3.63) is 11.8 Å². The van der Waals surface area contributed by atoms with Crippen LogP contribution in [0.2, 0.25) is 0 Å². The fourth-order valence-corrected chi connectivity index (χ4v) is 1.24. The lowest BCUT2D eigenvalue weighted by atomic mass is 10.3. The molecule has 0 N–H and O–H groups in total. The summed E-state index contributed by atoms with van der Waals surface area (Å²) in [5, 5.41) is 0. The van der Waals surface area contributed by atoms with Crippen LogP contribution in [0.4, 0.5) is 0 Å². The van der Waals surface area contributed by atoms with E-state index in [-0.39, 0.29) is 5.78 Å². The first-order chi connectivity index (χ1) is 5.84. The second kappa shape index (κ2) is 4.96. The van der Waals surface area contributed by atoms with E-state index < -0.39 is 0 Å². The van der Waals surface area contributed by atoms with Crippen molar-refractivity contribution in [1.82, 2.24) is 0 Å². The van der Waals surface area contributed by atoms with Crippen LogP contribution in [0.15, 0.2) is 11.8 Å². The van der Waals surface area contributed by atoms with Crippen LogP contribution in [0.3, 0.4) is 0 Å². The van der Waals surface area contributed by atoms with Crippen molar-refractivity contribution in [1.29, 1.82) is 0 Å². The lowest BCUT2D eigenvalue weighted by molar-refractivity contribution is -0.118. The van der Waals surface area contributed by atoms with Crippen LogP contribution in [-0.2, 0) is 9.53 Å². The van der Waals surface area contributed by atoms with E-state index in [0.717, 1.165) is 12.8 Å². The highest BCUT2D eigenvalue weighted by atomic mass is 16.5. The maximum absolute atomic E-state index is 11.0. The Morgan fingerprint density at radius 1 is 1.50 bits per heavy atom. The summed E-state index contributed by atoms with van der Waals surface area (Å²) < 4.78 is 5.33. The van der Waals surface area contributed by atoms with Gasteiger partial charge in [0, 0.05) is 6.42 Å². The van der Waals surface area contributed by atoms with E-state index in [0.29, 0.717) is 18.8 Å². The second-order valence-corrected chi connectivity index (χ2v) is 3.09. The molecule has 0 unspecified atom stereocenters. The van der Waals surface area contributed by atoms with Crippen LogP contribution in [0.1, 0.15) is 39.0 Å². The molecule has 0 bridgehead atoms.